The van der Waals surface area contributed by atoms with E-state index in [0.29, 0.717) is 6.04 Å². The molecule has 0 saturated carbocycles. The van der Waals surface area contributed by atoms with Crippen LogP contribution in [0.25, 0.3) is 0 Å². The van der Waals surface area contributed by atoms with Gasteiger partial charge in [0.25, 0.3) is 0 Å². The van der Waals surface area contributed by atoms with Crippen LogP contribution in [0.5, 0.6) is 0 Å². The maximum atomic E-state index is 2.55. The van der Waals surface area contributed by atoms with E-state index in [1.54, 1.807) is 0 Å². The standard InChI is InChI=1S/C17H19N/c1-3-8-15(9-4-1)10-7-13-18-14-17(18)16-11-5-2-6-12-16/h1-6,8-9,11-12,17H,7,10,13-14H2/t17?,18-/m0/s1. The lowest BCUT2D eigenvalue weighted by Crippen LogP contribution is -2.02. The van der Waals surface area contributed by atoms with Crippen molar-refractivity contribution in [3.63, 3.8) is 0 Å². The van der Waals surface area contributed by atoms with Crippen molar-refractivity contribution in [2.75, 3.05) is 13.1 Å². The number of benzene rings is 2. The summed E-state index contributed by atoms with van der Waals surface area (Å²) in [5, 5.41) is 0. The van der Waals surface area contributed by atoms with Gasteiger partial charge in [-0.15, -0.1) is 0 Å². The molecule has 1 aliphatic heterocycles. The number of nitrogens with zero attached hydrogens (tertiary/aromatic N) is 1. The average molecular weight is 237 g/mol. The first-order valence-electron chi connectivity index (χ1n) is 6.76. The number of hydrogen-bond acceptors (Lipinski definition) is 1. The van der Waals surface area contributed by atoms with Crippen molar-refractivity contribution in [3.8, 4) is 0 Å². The minimum Gasteiger partial charge on any atom is -0.293 e. The molecule has 0 N–H and O–H groups in total. The second kappa shape index (κ2) is 5.36. The summed E-state index contributed by atoms with van der Waals surface area (Å²) in [6.07, 6.45) is 2.45. The van der Waals surface area contributed by atoms with Gasteiger partial charge in [0.05, 0.1) is 0 Å². The predicted molar refractivity (Wildman–Crippen MR) is 75.5 cm³/mol. The highest BCUT2D eigenvalue weighted by Crippen LogP contribution is 2.34. The van der Waals surface area contributed by atoms with Crippen molar-refractivity contribution in [1.82, 2.24) is 4.90 Å². The molecule has 0 radical (unpaired) electrons. The second-order valence-electron chi connectivity index (χ2n) is 5.01. The van der Waals surface area contributed by atoms with E-state index in [9.17, 15) is 0 Å². The largest absolute Gasteiger partial charge is 0.293 e. The Labute approximate surface area is 109 Å². The van der Waals surface area contributed by atoms with Crippen LogP contribution in [0.1, 0.15) is 23.6 Å². The average Bonchev–Trinajstić information content (AvgIpc) is 3.21. The molecule has 2 aromatic rings. The van der Waals surface area contributed by atoms with Crippen LogP contribution in [0.2, 0.25) is 0 Å². The van der Waals surface area contributed by atoms with E-state index < -0.39 is 0 Å². The summed E-state index contributed by atoms with van der Waals surface area (Å²) in [4.78, 5) is 2.55. The quantitative estimate of drug-likeness (QED) is 0.717. The third kappa shape index (κ3) is 2.80. The molecule has 0 amide bonds. The van der Waals surface area contributed by atoms with Crippen LogP contribution in [0.4, 0.5) is 0 Å². The minimum atomic E-state index is 0.682. The normalized spacial score (nSPS) is 21.8. The molecule has 1 nitrogen and oxygen atoms in total. The molecule has 0 aromatic heterocycles. The van der Waals surface area contributed by atoms with E-state index in [1.165, 1.54) is 37.1 Å². The molecule has 18 heavy (non-hydrogen) atoms. The Balaban J connectivity index is 1.44. The molecule has 2 atom stereocenters. The highest BCUT2D eigenvalue weighted by atomic mass is 15.3. The molecule has 0 aliphatic carbocycles. The molecular weight excluding hydrogens is 218 g/mol. The van der Waals surface area contributed by atoms with Crippen molar-refractivity contribution in [1.29, 1.82) is 0 Å². The van der Waals surface area contributed by atoms with Crippen LogP contribution in [-0.2, 0) is 6.42 Å². The lowest BCUT2D eigenvalue weighted by Gasteiger charge is -2.04. The zero-order valence-corrected chi connectivity index (χ0v) is 10.6. The van der Waals surface area contributed by atoms with Gasteiger partial charge in [0.15, 0.2) is 0 Å². The van der Waals surface area contributed by atoms with Gasteiger partial charge in [0, 0.05) is 12.6 Å². The third-order valence-electron chi connectivity index (χ3n) is 3.65. The molecule has 0 bridgehead atoms. The van der Waals surface area contributed by atoms with Gasteiger partial charge in [-0.25, -0.2) is 0 Å². The number of hydrogen-bond donors (Lipinski definition) is 0. The molecule has 1 heterocycles. The zero-order chi connectivity index (χ0) is 12.2. The van der Waals surface area contributed by atoms with Crippen molar-refractivity contribution < 1.29 is 0 Å². The van der Waals surface area contributed by atoms with E-state index in [1.807, 2.05) is 0 Å². The molecule has 1 aliphatic rings. The Morgan fingerprint density at radius 3 is 2.28 bits per heavy atom. The predicted octanol–water partition coefficient (Wildman–Crippen LogP) is 3.68. The van der Waals surface area contributed by atoms with Gasteiger partial charge in [0.1, 0.15) is 0 Å². The first kappa shape index (κ1) is 11.5. The fourth-order valence-electron chi connectivity index (χ4n) is 2.54. The molecule has 0 spiro atoms. The van der Waals surface area contributed by atoms with Crippen molar-refractivity contribution in [3.05, 3.63) is 71.8 Å². The van der Waals surface area contributed by atoms with Crippen LogP contribution in [0.3, 0.4) is 0 Å². The monoisotopic (exact) mass is 237 g/mol. The maximum Gasteiger partial charge on any atom is 0.0476 e. The molecule has 3 rings (SSSR count). The van der Waals surface area contributed by atoms with Crippen LogP contribution < -0.4 is 0 Å². The van der Waals surface area contributed by atoms with E-state index in [4.69, 9.17) is 0 Å². The first-order valence-corrected chi connectivity index (χ1v) is 6.76. The molecule has 92 valence electrons. The molecule has 1 saturated heterocycles. The Morgan fingerprint density at radius 2 is 1.56 bits per heavy atom. The van der Waals surface area contributed by atoms with Crippen LogP contribution in [0.15, 0.2) is 60.7 Å². The Bertz CT molecular complexity index is 477. The van der Waals surface area contributed by atoms with Crippen molar-refractivity contribution in [2.45, 2.75) is 18.9 Å². The van der Waals surface area contributed by atoms with Crippen LogP contribution in [-0.4, -0.2) is 18.0 Å². The van der Waals surface area contributed by atoms with E-state index in [2.05, 4.69) is 65.6 Å². The van der Waals surface area contributed by atoms with E-state index in [0.717, 1.165) is 0 Å². The lowest BCUT2D eigenvalue weighted by molar-refractivity contribution is 0.495. The van der Waals surface area contributed by atoms with Crippen LogP contribution >= 0.6 is 0 Å². The Kier molecular flexibility index (Phi) is 3.42. The van der Waals surface area contributed by atoms with Gasteiger partial charge in [-0.2, -0.15) is 0 Å². The summed E-state index contributed by atoms with van der Waals surface area (Å²) in [6, 6.07) is 22.3. The fourth-order valence-corrected chi connectivity index (χ4v) is 2.54. The Hall–Kier alpha value is -1.60. The second-order valence-corrected chi connectivity index (χ2v) is 5.01. The highest BCUT2D eigenvalue weighted by molar-refractivity contribution is 5.23. The smallest absolute Gasteiger partial charge is 0.0476 e. The van der Waals surface area contributed by atoms with E-state index >= 15 is 0 Å². The van der Waals surface area contributed by atoms with Crippen molar-refractivity contribution in [2.24, 2.45) is 0 Å². The topological polar surface area (TPSA) is 3.01 Å². The van der Waals surface area contributed by atoms with Crippen LogP contribution in [0, 0.1) is 0 Å². The minimum absolute atomic E-state index is 0.682. The van der Waals surface area contributed by atoms with Gasteiger partial charge < -0.3 is 0 Å². The summed E-state index contributed by atoms with van der Waals surface area (Å²) in [6.45, 7) is 2.45. The number of aryl methyl sites for hydroxylation is 1. The third-order valence-corrected chi connectivity index (χ3v) is 3.65. The zero-order valence-electron chi connectivity index (χ0n) is 10.6. The van der Waals surface area contributed by atoms with Gasteiger partial charge >= 0.3 is 0 Å². The number of rotatable bonds is 5. The van der Waals surface area contributed by atoms with E-state index in [-0.39, 0.29) is 0 Å². The van der Waals surface area contributed by atoms with Gasteiger partial charge in [-0.1, -0.05) is 60.7 Å². The van der Waals surface area contributed by atoms with Gasteiger partial charge in [-0.3, -0.25) is 4.90 Å². The summed E-state index contributed by atoms with van der Waals surface area (Å²) < 4.78 is 0. The summed E-state index contributed by atoms with van der Waals surface area (Å²) >= 11 is 0. The molecular formula is C17H19N. The Morgan fingerprint density at radius 1 is 0.889 bits per heavy atom. The molecule has 2 aromatic carbocycles. The first-order chi connectivity index (χ1) is 8.93. The summed E-state index contributed by atoms with van der Waals surface area (Å²) in [5.74, 6) is 0. The van der Waals surface area contributed by atoms with Crippen molar-refractivity contribution >= 4 is 0 Å². The summed E-state index contributed by atoms with van der Waals surface area (Å²) in [7, 11) is 0. The SMILES string of the molecule is c1ccc(CCC[N@@]2CC2c2ccccc2)cc1. The molecule has 1 heteroatoms. The maximum absolute atomic E-state index is 2.55. The van der Waals surface area contributed by atoms with Gasteiger partial charge in [0.2, 0.25) is 0 Å². The molecule has 1 fully saturated rings. The summed E-state index contributed by atoms with van der Waals surface area (Å²) in [5.41, 5.74) is 2.92. The van der Waals surface area contributed by atoms with Gasteiger partial charge in [-0.05, 0) is 30.5 Å². The fraction of sp³-hybridized carbons (Fsp3) is 0.294. The lowest BCUT2D eigenvalue weighted by atomic mass is 10.1. The molecule has 1 unspecified atom stereocenters. The highest BCUT2D eigenvalue weighted by Gasteiger charge is 2.33.